The summed E-state index contributed by atoms with van der Waals surface area (Å²) in [5.74, 6) is -0.0998. The van der Waals surface area contributed by atoms with E-state index in [0.29, 0.717) is 42.5 Å². The van der Waals surface area contributed by atoms with Crippen LogP contribution in [-0.4, -0.2) is 56.3 Å². The van der Waals surface area contributed by atoms with Crippen LogP contribution < -0.4 is 5.32 Å². The Hall–Kier alpha value is -1.93. The molecule has 0 spiro atoms. The first-order chi connectivity index (χ1) is 14.3. The lowest BCUT2D eigenvalue weighted by Gasteiger charge is -2.22. The van der Waals surface area contributed by atoms with E-state index < -0.39 is 10.0 Å². The van der Waals surface area contributed by atoms with Gasteiger partial charge in [0.15, 0.2) is 0 Å². The fourth-order valence-electron chi connectivity index (χ4n) is 3.60. The van der Waals surface area contributed by atoms with E-state index in [1.165, 1.54) is 4.31 Å². The molecule has 0 aliphatic carbocycles. The third kappa shape index (κ3) is 5.60. The Morgan fingerprint density at radius 1 is 1.07 bits per heavy atom. The van der Waals surface area contributed by atoms with Crippen molar-refractivity contribution in [3.63, 3.8) is 0 Å². The van der Waals surface area contributed by atoms with Gasteiger partial charge in [0.25, 0.3) is 0 Å². The third-order valence-corrected chi connectivity index (χ3v) is 7.58. The highest BCUT2D eigenvalue weighted by atomic mass is 35.5. The van der Waals surface area contributed by atoms with Crippen molar-refractivity contribution in [1.82, 2.24) is 14.5 Å². The molecular weight excluding hydrogens is 422 g/mol. The van der Waals surface area contributed by atoms with Crippen LogP contribution in [0.25, 0.3) is 0 Å². The Balaban J connectivity index is 1.56. The highest BCUT2D eigenvalue weighted by Crippen LogP contribution is 2.22. The molecule has 0 unspecified atom stereocenters. The first-order valence-electron chi connectivity index (χ1n) is 10.1. The summed E-state index contributed by atoms with van der Waals surface area (Å²) in [5.41, 5.74) is 1.90. The van der Waals surface area contributed by atoms with E-state index in [2.05, 4.69) is 5.32 Å². The van der Waals surface area contributed by atoms with Gasteiger partial charge in [-0.25, -0.2) is 8.42 Å². The second-order valence-corrected chi connectivity index (χ2v) is 10.0. The molecule has 8 heteroatoms. The zero-order valence-electron chi connectivity index (χ0n) is 17.3. The monoisotopic (exact) mass is 449 g/mol. The lowest BCUT2D eigenvalue weighted by atomic mass is 10.1. The van der Waals surface area contributed by atoms with Crippen molar-refractivity contribution in [3.05, 3.63) is 64.7 Å². The molecule has 1 N–H and O–H groups in total. The fourth-order valence-corrected chi connectivity index (χ4v) is 5.37. The number of aryl methyl sites for hydroxylation is 1. The molecule has 2 aromatic rings. The van der Waals surface area contributed by atoms with E-state index in [0.717, 1.165) is 11.1 Å². The summed E-state index contributed by atoms with van der Waals surface area (Å²) >= 11 is 6.21. The first-order valence-corrected chi connectivity index (χ1v) is 11.9. The van der Waals surface area contributed by atoms with E-state index in [1.54, 1.807) is 18.2 Å². The predicted octanol–water partition coefficient (Wildman–Crippen LogP) is 3.22. The average Bonchev–Trinajstić information content (AvgIpc) is 2.94. The van der Waals surface area contributed by atoms with Gasteiger partial charge in [0.05, 0.1) is 17.5 Å². The van der Waals surface area contributed by atoms with Gasteiger partial charge in [-0.1, -0.05) is 47.5 Å². The van der Waals surface area contributed by atoms with E-state index in [9.17, 15) is 13.2 Å². The molecule has 1 fully saturated rings. The number of amides is 1. The molecule has 0 aromatic heterocycles. The highest BCUT2D eigenvalue weighted by Gasteiger charge is 2.27. The van der Waals surface area contributed by atoms with Crippen LogP contribution in [0.4, 0.5) is 0 Å². The Morgan fingerprint density at radius 2 is 1.77 bits per heavy atom. The van der Waals surface area contributed by atoms with E-state index in [4.69, 9.17) is 11.6 Å². The minimum atomic E-state index is -3.52. The third-order valence-electron chi connectivity index (χ3n) is 5.32. The van der Waals surface area contributed by atoms with Crippen LogP contribution in [0.15, 0.2) is 53.4 Å². The van der Waals surface area contributed by atoms with Crippen LogP contribution in [0.1, 0.15) is 30.5 Å². The molecule has 162 valence electrons. The smallest absolute Gasteiger partial charge is 0.243 e. The zero-order chi connectivity index (χ0) is 21.7. The summed E-state index contributed by atoms with van der Waals surface area (Å²) in [6, 6.07) is 14.2. The Bertz CT molecular complexity index is 979. The molecule has 1 saturated heterocycles. The van der Waals surface area contributed by atoms with Crippen LogP contribution in [0.2, 0.25) is 5.02 Å². The number of sulfonamides is 1. The normalized spacial score (nSPS) is 17.3. The number of carbonyl (C=O) groups excluding carboxylic acids is 1. The van der Waals surface area contributed by atoms with Gasteiger partial charge in [0.1, 0.15) is 0 Å². The van der Waals surface area contributed by atoms with E-state index in [1.807, 2.05) is 49.1 Å². The summed E-state index contributed by atoms with van der Waals surface area (Å²) < 4.78 is 27.4. The lowest BCUT2D eigenvalue weighted by molar-refractivity contribution is -0.122. The molecule has 3 rings (SSSR count). The van der Waals surface area contributed by atoms with Gasteiger partial charge in [-0.3, -0.25) is 9.69 Å². The maximum atomic E-state index is 12.9. The fraction of sp³-hybridized carbons (Fsp3) is 0.409. The summed E-state index contributed by atoms with van der Waals surface area (Å²) in [4.78, 5) is 14.8. The van der Waals surface area contributed by atoms with Gasteiger partial charge in [-0.05, 0) is 50.6 Å². The Labute approximate surface area is 183 Å². The number of rotatable bonds is 6. The lowest BCUT2D eigenvalue weighted by Crippen LogP contribution is -2.40. The molecule has 0 saturated carbocycles. The Kier molecular flexibility index (Phi) is 7.52. The molecule has 1 heterocycles. The first kappa shape index (κ1) is 22.7. The summed E-state index contributed by atoms with van der Waals surface area (Å²) in [5, 5.41) is 3.60. The van der Waals surface area contributed by atoms with Gasteiger partial charge >= 0.3 is 0 Å². The molecule has 30 heavy (non-hydrogen) atoms. The standard InChI is InChI=1S/C22H28ClN3O3S/c1-17-8-10-19(11-9-17)30(28,29)26-13-5-12-25(14-15-26)16-22(27)24-18(2)20-6-3-4-7-21(20)23/h3-4,6-11,18H,5,12-16H2,1-2H3,(H,24,27)/t18-/m1/s1. The van der Waals surface area contributed by atoms with Crippen LogP contribution in [-0.2, 0) is 14.8 Å². The van der Waals surface area contributed by atoms with Crippen molar-refractivity contribution in [2.75, 3.05) is 32.7 Å². The van der Waals surface area contributed by atoms with Crippen molar-refractivity contribution in [2.24, 2.45) is 0 Å². The molecule has 2 aromatic carbocycles. The summed E-state index contributed by atoms with van der Waals surface area (Å²) in [7, 11) is -3.52. The van der Waals surface area contributed by atoms with Gasteiger partial charge in [0.2, 0.25) is 15.9 Å². The number of benzene rings is 2. The second-order valence-electron chi connectivity index (χ2n) is 7.66. The maximum Gasteiger partial charge on any atom is 0.243 e. The predicted molar refractivity (Wildman–Crippen MR) is 119 cm³/mol. The minimum absolute atomic E-state index is 0.0998. The second kappa shape index (κ2) is 9.92. The van der Waals surface area contributed by atoms with Crippen LogP contribution in [0.5, 0.6) is 0 Å². The molecular formula is C22H28ClN3O3S. The van der Waals surface area contributed by atoms with Crippen molar-refractivity contribution in [3.8, 4) is 0 Å². The number of halogens is 1. The molecule has 1 aliphatic rings. The topological polar surface area (TPSA) is 69.7 Å². The van der Waals surface area contributed by atoms with Crippen molar-refractivity contribution >= 4 is 27.5 Å². The average molecular weight is 450 g/mol. The van der Waals surface area contributed by atoms with Gasteiger partial charge in [-0.2, -0.15) is 4.31 Å². The largest absolute Gasteiger partial charge is 0.348 e. The molecule has 1 aliphatic heterocycles. The Morgan fingerprint density at radius 3 is 2.47 bits per heavy atom. The molecule has 0 radical (unpaired) electrons. The number of nitrogens with one attached hydrogen (secondary N) is 1. The van der Waals surface area contributed by atoms with Crippen LogP contribution in [0.3, 0.4) is 0 Å². The SMILES string of the molecule is Cc1ccc(S(=O)(=O)N2CCCN(CC(=O)N[C@H](C)c3ccccc3Cl)CC2)cc1. The minimum Gasteiger partial charge on any atom is -0.348 e. The molecule has 6 nitrogen and oxygen atoms in total. The zero-order valence-corrected chi connectivity index (χ0v) is 18.9. The number of hydrogen-bond donors (Lipinski definition) is 1. The van der Waals surface area contributed by atoms with Gasteiger partial charge in [0, 0.05) is 24.7 Å². The molecule has 0 bridgehead atoms. The van der Waals surface area contributed by atoms with E-state index >= 15 is 0 Å². The quantitative estimate of drug-likeness (QED) is 0.735. The highest BCUT2D eigenvalue weighted by molar-refractivity contribution is 7.89. The van der Waals surface area contributed by atoms with Gasteiger partial charge < -0.3 is 5.32 Å². The maximum absolute atomic E-state index is 12.9. The molecule has 1 atom stereocenters. The van der Waals surface area contributed by atoms with Crippen molar-refractivity contribution in [2.45, 2.75) is 31.2 Å². The summed E-state index contributed by atoms with van der Waals surface area (Å²) in [6.45, 7) is 6.06. The number of hydrogen-bond acceptors (Lipinski definition) is 4. The number of carbonyl (C=O) groups is 1. The van der Waals surface area contributed by atoms with Crippen LogP contribution in [0, 0.1) is 6.92 Å². The van der Waals surface area contributed by atoms with Crippen molar-refractivity contribution < 1.29 is 13.2 Å². The number of nitrogens with zero attached hydrogens (tertiary/aromatic N) is 2. The van der Waals surface area contributed by atoms with Crippen LogP contribution >= 0.6 is 11.6 Å². The summed E-state index contributed by atoms with van der Waals surface area (Å²) in [6.07, 6.45) is 0.679. The molecule has 1 amide bonds. The van der Waals surface area contributed by atoms with Crippen molar-refractivity contribution in [1.29, 1.82) is 0 Å². The van der Waals surface area contributed by atoms with E-state index in [-0.39, 0.29) is 18.5 Å². The van der Waals surface area contributed by atoms with Gasteiger partial charge in [-0.15, -0.1) is 0 Å².